The van der Waals surface area contributed by atoms with Crippen LogP contribution in [0.2, 0.25) is 0 Å². The van der Waals surface area contributed by atoms with Crippen molar-refractivity contribution in [1.29, 1.82) is 0 Å². The van der Waals surface area contributed by atoms with Crippen molar-refractivity contribution in [2.75, 3.05) is 24.9 Å². The molecule has 0 saturated heterocycles. The lowest BCUT2D eigenvalue weighted by molar-refractivity contribution is -0.191. The van der Waals surface area contributed by atoms with E-state index in [1.54, 1.807) is 44.6 Å². The first-order valence-electron chi connectivity index (χ1n) is 13.7. The summed E-state index contributed by atoms with van der Waals surface area (Å²) in [4.78, 5) is 50.6. The lowest BCUT2D eigenvalue weighted by Crippen LogP contribution is -2.15. The standard InChI is InChI=1S/C17H17NO4.C17H19NO2.CO2/c1-12-9-15(21-2)7-8-16(12)18-17(20)10-13-3-5-14(6-4-13)22-11-19;1-12-4-6-14(7-5-12)11-17(19)18-16-9-8-15(20-3)10-13(16)2;2-1-3/h3-9,11H,10H2,1-2H3,(H,18,20);4-10H,11H2,1-3H3,(H,18,19);. The molecule has 234 valence electrons. The molecule has 0 atom stereocenters. The highest BCUT2D eigenvalue weighted by atomic mass is 16.5. The molecule has 0 heterocycles. The van der Waals surface area contributed by atoms with Crippen LogP contribution in [0.5, 0.6) is 17.2 Å². The van der Waals surface area contributed by atoms with Gasteiger partial charge in [-0.15, -0.1) is 0 Å². The highest BCUT2D eigenvalue weighted by Crippen LogP contribution is 2.22. The summed E-state index contributed by atoms with van der Waals surface area (Å²) in [5, 5.41) is 5.80. The minimum absolute atomic E-state index is 0.0119. The molecule has 0 fully saturated rings. The minimum Gasteiger partial charge on any atom is -0.497 e. The van der Waals surface area contributed by atoms with Crippen molar-refractivity contribution in [1.82, 2.24) is 0 Å². The summed E-state index contributed by atoms with van der Waals surface area (Å²) in [6.45, 7) is 6.26. The molecule has 10 heteroatoms. The monoisotopic (exact) mass is 612 g/mol. The van der Waals surface area contributed by atoms with Crippen LogP contribution >= 0.6 is 0 Å². The fourth-order valence-electron chi connectivity index (χ4n) is 4.01. The van der Waals surface area contributed by atoms with Crippen molar-refractivity contribution < 1.29 is 38.2 Å². The molecule has 2 N–H and O–H groups in total. The highest BCUT2D eigenvalue weighted by molar-refractivity contribution is 5.93. The van der Waals surface area contributed by atoms with E-state index in [2.05, 4.69) is 10.6 Å². The molecule has 0 saturated carbocycles. The number of methoxy groups -OCH3 is 2. The summed E-state index contributed by atoms with van der Waals surface area (Å²) in [6, 6.07) is 25.9. The van der Waals surface area contributed by atoms with Gasteiger partial charge in [0.1, 0.15) is 17.2 Å². The fraction of sp³-hybridized carbons (Fsp3) is 0.200. The minimum atomic E-state index is -0.114. The number of rotatable bonds is 10. The summed E-state index contributed by atoms with van der Waals surface area (Å²) >= 11 is 0. The zero-order chi connectivity index (χ0) is 33.2. The number of hydrogen-bond donors (Lipinski definition) is 2. The van der Waals surface area contributed by atoms with Gasteiger partial charge in [-0.2, -0.15) is 9.59 Å². The van der Waals surface area contributed by atoms with Crippen molar-refractivity contribution in [2.24, 2.45) is 0 Å². The Bertz CT molecular complexity index is 1590. The summed E-state index contributed by atoms with van der Waals surface area (Å²) in [5.41, 5.74) is 6.54. The van der Waals surface area contributed by atoms with E-state index in [1.165, 1.54) is 5.56 Å². The first-order valence-corrected chi connectivity index (χ1v) is 13.7. The van der Waals surface area contributed by atoms with Gasteiger partial charge in [-0.1, -0.05) is 42.0 Å². The molecule has 0 aromatic heterocycles. The number of benzene rings is 4. The molecule has 2 amide bonds. The summed E-state index contributed by atoms with van der Waals surface area (Å²) < 4.78 is 15.0. The van der Waals surface area contributed by atoms with E-state index in [1.807, 2.05) is 75.4 Å². The number of carbonyl (C=O) groups is 3. The third kappa shape index (κ3) is 12.6. The Kier molecular flexibility index (Phi) is 14.8. The van der Waals surface area contributed by atoms with Gasteiger partial charge in [0.25, 0.3) is 6.47 Å². The molecular weight excluding hydrogens is 576 g/mol. The van der Waals surface area contributed by atoms with Crippen LogP contribution in [0.4, 0.5) is 11.4 Å². The molecule has 0 aliphatic rings. The third-order valence-electron chi connectivity index (χ3n) is 6.37. The second-order valence-electron chi connectivity index (χ2n) is 9.74. The molecule has 45 heavy (non-hydrogen) atoms. The van der Waals surface area contributed by atoms with Gasteiger partial charge in [-0.05, 0) is 91.6 Å². The molecule has 0 bridgehead atoms. The van der Waals surface area contributed by atoms with Crippen LogP contribution in [-0.2, 0) is 36.8 Å². The number of aryl methyl sites for hydroxylation is 3. The Balaban J connectivity index is 0.000000289. The predicted octanol–water partition coefficient (Wildman–Crippen LogP) is 5.63. The molecule has 10 nitrogen and oxygen atoms in total. The first-order chi connectivity index (χ1) is 21.6. The summed E-state index contributed by atoms with van der Waals surface area (Å²) in [6.07, 6.45) is 0.874. The maximum Gasteiger partial charge on any atom is 0.373 e. The van der Waals surface area contributed by atoms with Crippen molar-refractivity contribution in [2.45, 2.75) is 33.6 Å². The number of anilines is 2. The Morgan fingerprint density at radius 3 is 1.38 bits per heavy atom. The third-order valence-corrected chi connectivity index (χ3v) is 6.37. The second kappa shape index (κ2) is 18.7. The van der Waals surface area contributed by atoms with Crippen LogP contribution in [0.15, 0.2) is 84.9 Å². The van der Waals surface area contributed by atoms with Gasteiger partial charge < -0.3 is 24.8 Å². The molecule has 0 aliphatic heterocycles. The van der Waals surface area contributed by atoms with E-state index in [0.717, 1.165) is 45.1 Å². The highest BCUT2D eigenvalue weighted by Gasteiger charge is 2.08. The first kappa shape index (κ1) is 35.5. The van der Waals surface area contributed by atoms with Gasteiger partial charge in [0.15, 0.2) is 0 Å². The zero-order valence-corrected chi connectivity index (χ0v) is 25.8. The Hall–Kier alpha value is -5.73. The van der Waals surface area contributed by atoms with Gasteiger partial charge in [0, 0.05) is 11.4 Å². The van der Waals surface area contributed by atoms with E-state index in [-0.39, 0.29) is 24.4 Å². The molecule has 0 unspecified atom stereocenters. The fourth-order valence-corrected chi connectivity index (χ4v) is 4.01. The average molecular weight is 613 g/mol. The Morgan fingerprint density at radius 2 is 1.02 bits per heavy atom. The van der Waals surface area contributed by atoms with E-state index < -0.39 is 0 Å². The van der Waals surface area contributed by atoms with Gasteiger partial charge >= 0.3 is 6.15 Å². The molecular formula is C35H36N2O8. The smallest absolute Gasteiger partial charge is 0.373 e. The van der Waals surface area contributed by atoms with Gasteiger partial charge in [-0.25, -0.2) is 0 Å². The number of amides is 2. The molecule has 4 aromatic carbocycles. The molecule has 0 aliphatic carbocycles. The van der Waals surface area contributed by atoms with Crippen LogP contribution < -0.4 is 24.8 Å². The number of nitrogens with one attached hydrogen (secondary N) is 2. The molecule has 4 aromatic rings. The van der Waals surface area contributed by atoms with Gasteiger partial charge in [-0.3, -0.25) is 14.4 Å². The van der Waals surface area contributed by atoms with E-state index >= 15 is 0 Å². The number of ether oxygens (including phenoxy) is 3. The number of carbonyl (C=O) groups excluding carboxylic acids is 5. The zero-order valence-electron chi connectivity index (χ0n) is 25.8. The lowest BCUT2D eigenvalue weighted by Gasteiger charge is -2.10. The van der Waals surface area contributed by atoms with Gasteiger partial charge in [0.2, 0.25) is 11.8 Å². The van der Waals surface area contributed by atoms with E-state index in [4.69, 9.17) is 23.8 Å². The number of hydrogen-bond acceptors (Lipinski definition) is 8. The van der Waals surface area contributed by atoms with Crippen LogP contribution in [-0.4, -0.2) is 38.7 Å². The van der Waals surface area contributed by atoms with Gasteiger partial charge in [0.05, 0.1) is 27.1 Å². The molecule has 0 radical (unpaired) electrons. The molecule has 0 spiro atoms. The predicted molar refractivity (Wildman–Crippen MR) is 169 cm³/mol. The van der Waals surface area contributed by atoms with E-state index in [9.17, 15) is 14.4 Å². The van der Waals surface area contributed by atoms with Crippen LogP contribution in [0.25, 0.3) is 0 Å². The maximum atomic E-state index is 12.1. The second-order valence-corrected chi connectivity index (χ2v) is 9.74. The van der Waals surface area contributed by atoms with Crippen LogP contribution in [0.1, 0.15) is 27.8 Å². The summed E-state index contributed by atoms with van der Waals surface area (Å²) in [7, 11) is 3.23. The van der Waals surface area contributed by atoms with E-state index in [0.29, 0.717) is 18.6 Å². The normalized spacial score (nSPS) is 9.53. The SMILES string of the molecule is COc1ccc(NC(=O)Cc2ccc(C)cc2)c(C)c1.COc1ccc(NC(=O)Cc2ccc(OC=O)cc2)c(C)c1.O=C=O. The topological polar surface area (TPSA) is 137 Å². The van der Waals surface area contributed by atoms with Crippen molar-refractivity contribution in [3.05, 3.63) is 113 Å². The summed E-state index contributed by atoms with van der Waals surface area (Å²) in [5.74, 6) is 1.87. The maximum absolute atomic E-state index is 12.1. The Labute approximate surface area is 262 Å². The largest absolute Gasteiger partial charge is 0.497 e. The lowest BCUT2D eigenvalue weighted by atomic mass is 10.1. The van der Waals surface area contributed by atoms with Crippen LogP contribution in [0.3, 0.4) is 0 Å². The molecule has 4 rings (SSSR count). The quantitative estimate of drug-likeness (QED) is 0.220. The van der Waals surface area contributed by atoms with Crippen molar-refractivity contribution in [3.63, 3.8) is 0 Å². The van der Waals surface area contributed by atoms with Crippen molar-refractivity contribution >= 4 is 35.8 Å². The van der Waals surface area contributed by atoms with Crippen molar-refractivity contribution in [3.8, 4) is 17.2 Å². The average Bonchev–Trinajstić information content (AvgIpc) is 3.02. The Morgan fingerprint density at radius 1 is 0.644 bits per heavy atom. The van der Waals surface area contributed by atoms with Crippen LogP contribution in [0, 0.1) is 20.8 Å².